The molecule has 0 N–H and O–H groups in total. The number of carbonyl (C=O) groups excluding carboxylic acids is 2. The molecule has 0 heterocycles. The second kappa shape index (κ2) is 21.2. The van der Waals surface area contributed by atoms with E-state index in [1.807, 2.05) is 72.8 Å². The first-order valence-corrected chi connectivity index (χ1v) is 13.6. The molecule has 0 aromatic heterocycles. The molecule has 4 rings (SSSR count). The molecule has 9 heteroatoms. The molecule has 0 fully saturated rings. The number of anilines is 2. The Balaban J connectivity index is 0.000000608. The normalized spacial score (nSPS) is 9.77. The van der Waals surface area contributed by atoms with Crippen LogP contribution in [0, 0.1) is 47.2 Å². The molecule has 4 aromatic carbocycles. The van der Waals surface area contributed by atoms with Crippen molar-refractivity contribution in [3.05, 3.63) is 120 Å². The minimum atomic E-state index is -0.837. The largest absolute Gasteiger partial charge is 4.00 e. The summed E-state index contributed by atoms with van der Waals surface area (Å²) in [6.45, 7) is 11.1. The molecule has 0 atom stereocenters. The minimum Gasteiger partial charge on any atom is -0.364 e. The fraction of sp³-hybridized carbons (Fsp3) is 0.294. The number of nitrogens with zero attached hydrogens (tertiary/aromatic N) is 2. The van der Waals surface area contributed by atoms with Crippen molar-refractivity contribution in [1.29, 1.82) is 0 Å². The van der Waals surface area contributed by atoms with Crippen molar-refractivity contribution >= 4 is 23.2 Å². The second-order valence-corrected chi connectivity index (χ2v) is 9.41. The van der Waals surface area contributed by atoms with Gasteiger partial charge in [0.15, 0.2) is 0 Å². The van der Waals surface area contributed by atoms with Gasteiger partial charge in [-0.15, -0.1) is 36.4 Å². The van der Waals surface area contributed by atoms with E-state index in [1.54, 1.807) is 41.5 Å². The Hall–Kier alpha value is -3.49. The van der Waals surface area contributed by atoms with Crippen molar-refractivity contribution in [3.63, 3.8) is 0 Å². The molecule has 0 bridgehead atoms. The Morgan fingerprint density at radius 1 is 0.651 bits per heavy atom. The number of amides is 2. The average molecular weight is 631 g/mol. The number of carbonyl (C=O) groups is 2. The summed E-state index contributed by atoms with van der Waals surface area (Å²) in [5.74, 6) is -4.06. The maximum absolute atomic E-state index is 13.4. The van der Waals surface area contributed by atoms with E-state index < -0.39 is 23.3 Å². The molecule has 0 radical (unpaired) electrons. The first-order chi connectivity index (χ1) is 19.9. The fourth-order valence-electron chi connectivity index (χ4n) is 3.44. The van der Waals surface area contributed by atoms with Crippen LogP contribution in [-0.2, 0) is 31.3 Å². The molecule has 228 valence electrons. The molecule has 0 saturated carbocycles. The summed E-state index contributed by atoms with van der Waals surface area (Å²) in [6, 6.07) is 28.5. The smallest absolute Gasteiger partial charge is 0.364 e. The maximum atomic E-state index is 13.4. The third-order valence-electron chi connectivity index (χ3n) is 5.53. The Kier molecular flexibility index (Phi) is 19.5. The molecule has 0 unspecified atom stereocenters. The van der Waals surface area contributed by atoms with Gasteiger partial charge in [0.25, 0.3) is 0 Å². The summed E-state index contributed by atoms with van der Waals surface area (Å²) < 4.78 is 52.2. The van der Waals surface area contributed by atoms with E-state index in [1.165, 1.54) is 21.9 Å². The molecule has 0 saturated heterocycles. The summed E-state index contributed by atoms with van der Waals surface area (Å²) in [7, 11) is 0. The zero-order chi connectivity index (χ0) is 31.7. The first-order valence-electron chi connectivity index (χ1n) is 13.6. The van der Waals surface area contributed by atoms with Gasteiger partial charge in [-0.05, 0) is 25.2 Å². The topological polar surface area (TPSA) is 40.6 Å². The quantitative estimate of drug-likeness (QED) is 0.122. The molecular weight excluding hydrogens is 592 g/mol. The Morgan fingerprint density at radius 3 is 1.14 bits per heavy atom. The molecule has 4 nitrogen and oxygen atoms in total. The first kappa shape index (κ1) is 39.5. The molecule has 43 heavy (non-hydrogen) atoms. The fourth-order valence-corrected chi connectivity index (χ4v) is 3.44. The second-order valence-electron chi connectivity index (χ2n) is 9.41. The van der Waals surface area contributed by atoms with Crippen LogP contribution in [0.5, 0.6) is 0 Å². The zero-order valence-corrected chi connectivity index (χ0v) is 26.9. The molecule has 4 aromatic rings. The van der Waals surface area contributed by atoms with E-state index in [0.29, 0.717) is 13.1 Å². The number of benzene rings is 2. The van der Waals surface area contributed by atoms with E-state index >= 15 is 0 Å². The number of rotatable bonds is 6. The van der Waals surface area contributed by atoms with E-state index in [4.69, 9.17) is 0 Å². The maximum Gasteiger partial charge on any atom is 4.00 e. The predicted molar refractivity (Wildman–Crippen MR) is 160 cm³/mol. The molecule has 2 amide bonds. The summed E-state index contributed by atoms with van der Waals surface area (Å²) in [5.41, 5.74) is 0.144. The van der Waals surface area contributed by atoms with Crippen LogP contribution in [0.3, 0.4) is 0 Å². The standard InChI is InChI=1S/2C12H14F2NO.2C5H5.Ti/c2*1-4-15(12(16)8(2)3)11-6-5-9(13)7-10(11)14;2*1-2-4-5-3-1;/h2*5-6,8H,4H2,1-3H3;2*1-5H;/q4*-1;+4. The zero-order valence-electron chi connectivity index (χ0n) is 25.4. The van der Waals surface area contributed by atoms with E-state index in [0.717, 1.165) is 12.1 Å². The van der Waals surface area contributed by atoms with Gasteiger partial charge in [0.1, 0.15) is 0 Å². The van der Waals surface area contributed by atoms with Gasteiger partial charge in [-0.2, -0.15) is 36.4 Å². The number of hydrogen-bond acceptors (Lipinski definition) is 2. The van der Waals surface area contributed by atoms with E-state index in [2.05, 4.69) is 0 Å². The molecule has 0 aliphatic heterocycles. The van der Waals surface area contributed by atoms with Crippen LogP contribution in [0.15, 0.2) is 84.9 Å². The van der Waals surface area contributed by atoms with Crippen LogP contribution in [0.25, 0.3) is 0 Å². The van der Waals surface area contributed by atoms with Crippen molar-refractivity contribution in [1.82, 2.24) is 0 Å². The summed E-state index contributed by atoms with van der Waals surface area (Å²) >= 11 is 0. The van der Waals surface area contributed by atoms with Gasteiger partial charge in [-0.3, -0.25) is 9.59 Å². The van der Waals surface area contributed by atoms with Gasteiger partial charge in [0.2, 0.25) is 11.8 Å². The van der Waals surface area contributed by atoms with Crippen molar-refractivity contribution in [3.8, 4) is 0 Å². The monoisotopic (exact) mass is 630 g/mol. The van der Waals surface area contributed by atoms with Crippen molar-refractivity contribution in [2.75, 3.05) is 22.9 Å². The SMILES string of the molecule is CCN(C(=O)C(C)C)c1ccc(F)[c-]c1F.CCN(C(=O)C(C)C)c1ccc(F)[c-]c1F.[Ti+4].c1cc[cH-]c1.c1cc[cH-]c1. The van der Waals surface area contributed by atoms with Gasteiger partial charge in [-0.1, -0.05) is 27.7 Å². The molecule has 0 aliphatic carbocycles. The van der Waals surface area contributed by atoms with Crippen LogP contribution < -0.4 is 9.80 Å². The van der Waals surface area contributed by atoms with Crippen molar-refractivity contribution < 1.29 is 48.9 Å². The van der Waals surface area contributed by atoms with Crippen LogP contribution >= 0.6 is 0 Å². The van der Waals surface area contributed by atoms with Gasteiger partial charge in [-0.25, -0.2) is 41.8 Å². The predicted octanol–water partition coefficient (Wildman–Crippen LogP) is 8.36. The summed E-state index contributed by atoms with van der Waals surface area (Å²) in [5, 5.41) is 0. The van der Waals surface area contributed by atoms with Crippen LogP contribution in [-0.4, -0.2) is 24.9 Å². The Labute approximate surface area is 267 Å². The molecular formula is C34H38F4N2O2Ti. The van der Waals surface area contributed by atoms with Gasteiger partial charge < -0.3 is 9.80 Å². The summed E-state index contributed by atoms with van der Waals surface area (Å²) in [4.78, 5) is 26.1. The van der Waals surface area contributed by atoms with Crippen molar-refractivity contribution in [2.45, 2.75) is 41.5 Å². The Bertz CT molecular complexity index is 1170. The minimum absolute atomic E-state index is 0. The third-order valence-corrected chi connectivity index (χ3v) is 5.53. The number of hydrogen-bond donors (Lipinski definition) is 0. The van der Waals surface area contributed by atoms with Crippen LogP contribution in [0.4, 0.5) is 28.9 Å². The van der Waals surface area contributed by atoms with E-state index in [9.17, 15) is 27.2 Å². The average Bonchev–Trinajstić information content (AvgIpc) is 3.72. The number of halogens is 4. The molecule has 0 aliphatic rings. The molecule has 0 spiro atoms. The van der Waals surface area contributed by atoms with Crippen LogP contribution in [0.2, 0.25) is 0 Å². The van der Waals surface area contributed by atoms with Crippen molar-refractivity contribution in [2.24, 2.45) is 11.8 Å². The van der Waals surface area contributed by atoms with Gasteiger partial charge >= 0.3 is 21.7 Å². The van der Waals surface area contributed by atoms with E-state index in [-0.39, 0.29) is 56.7 Å². The Morgan fingerprint density at radius 2 is 0.953 bits per heavy atom. The summed E-state index contributed by atoms with van der Waals surface area (Å²) in [6.07, 6.45) is 0. The van der Waals surface area contributed by atoms with Crippen LogP contribution in [0.1, 0.15) is 41.5 Å². The van der Waals surface area contributed by atoms with Gasteiger partial charge in [0, 0.05) is 48.2 Å². The van der Waals surface area contributed by atoms with Gasteiger partial charge in [0.05, 0.1) is 0 Å². The third kappa shape index (κ3) is 14.0.